The Morgan fingerprint density at radius 3 is 2.54 bits per heavy atom. The van der Waals surface area contributed by atoms with E-state index in [-0.39, 0.29) is 17.1 Å². The minimum atomic E-state index is -4.57. The van der Waals surface area contributed by atoms with E-state index in [1.807, 2.05) is 0 Å². The Kier molecular flexibility index (Phi) is 4.58. The third kappa shape index (κ3) is 3.86. The van der Waals surface area contributed by atoms with Gasteiger partial charge in [0.1, 0.15) is 0 Å². The van der Waals surface area contributed by atoms with Crippen molar-refractivity contribution in [1.82, 2.24) is 24.7 Å². The van der Waals surface area contributed by atoms with Crippen LogP contribution in [0.3, 0.4) is 0 Å². The van der Waals surface area contributed by atoms with Gasteiger partial charge in [0, 0.05) is 12.1 Å². The van der Waals surface area contributed by atoms with E-state index in [1.54, 1.807) is 24.3 Å². The van der Waals surface area contributed by atoms with Gasteiger partial charge < -0.3 is 11.1 Å². The van der Waals surface area contributed by atoms with E-state index in [1.165, 1.54) is 10.9 Å². The monoisotopic (exact) mass is 409 g/mol. The molecule has 0 aliphatic heterocycles. The van der Waals surface area contributed by atoms with Crippen molar-refractivity contribution in [2.75, 3.05) is 11.1 Å². The molecular weight excluding hydrogens is 395 g/mol. The van der Waals surface area contributed by atoms with Crippen LogP contribution >= 0.6 is 11.6 Å². The quantitative estimate of drug-likeness (QED) is 0.620. The first-order chi connectivity index (χ1) is 13.3. The number of benzene rings is 1. The van der Waals surface area contributed by atoms with Crippen molar-refractivity contribution >= 4 is 23.1 Å². The van der Waals surface area contributed by atoms with Crippen LogP contribution in [0.25, 0.3) is 11.4 Å². The van der Waals surface area contributed by atoms with Gasteiger partial charge in [0.2, 0.25) is 5.28 Å². The number of rotatable bonds is 5. The number of anilines is 2. The molecule has 2 heterocycles. The second kappa shape index (κ2) is 6.93. The molecule has 4 rings (SSSR count). The summed E-state index contributed by atoms with van der Waals surface area (Å²) < 4.78 is 40.3. The Balaban J connectivity index is 1.53. The van der Waals surface area contributed by atoms with Crippen molar-refractivity contribution in [2.45, 2.75) is 31.6 Å². The molecule has 0 unspecified atom stereocenters. The summed E-state index contributed by atoms with van der Waals surface area (Å²) in [6.45, 7) is 0.404. The number of nitrogens with one attached hydrogen (secondary N) is 1. The number of nitrogens with zero attached hydrogens (tertiary/aromatic N) is 5. The summed E-state index contributed by atoms with van der Waals surface area (Å²) in [7, 11) is 0. The Labute approximate surface area is 162 Å². The van der Waals surface area contributed by atoms with Crippen molar-refractivity contribution in [2.24, 2.45) is 0 Å². The third-order valence-corrected chi connectivity index (χ3v) is 4.42. The van der Waals surface area contributed by atoms with Crippen LogP contribution in [0.5, 0.6) is 0 Å². The molecule has 0 saturated heterocycles. The van der Waals surface area contributed by atoms with Crippen LogP contribution in [0.4, 0.5) is 24.7 Å². The van der Waals surface area contributed by atoms with E-state index in [0.29, 0.717) is 23.6 Å². The van der Waals surface area contributed by atoms with Gasteiger partial charge in [0.25, 0.3) is 5.82 Å². The van der Waals surface area contributed by atoms with Gasteiger partial charge in [-0.25, -0.2) is 14.6 Å². The number of hydrogen-bond donors (Lipinski definition) is 2. The molecule has 11 heteroatoms. The van der Waals surface area contributed by atoms with Crippen molar-refractivity contribution < 1.29 is 13.2 Å². The van der Waals surface area contributed by atoms with E-state index in [0.717, 1.165) is 18.4 Å². The van der Waals surface area contributed by atoms with Gasteiger partial charge in [-0.05, 0) is 30.0 Å². The van der Waals surface area contributed by atoms with Gasteiger partial charge >= 0.3 is 6.18 Å². The van der Waals surface area contributed by atoms with Gasteiger partial charge in [0.05, 0.1) is 17.9 Å². The van der Waals surface area contributed by atoms with Crippen molar-refractivity contribution in [1.29, 1.82) is 0 Å². The molecule has 1 aromatic carbocycles. The van der Waals surface area contributed by atoms with Gasteiger partial charge in [-0.1, -0.05) is 24.3 Å². The lowest BCUT2D eigenvalue weighted by Gasteiger charge is -2.09. The summed E-state index contributed by atoms with van der Waals surface area (Å²) in [6.07, 6.45) is -1.56. The maximum atomic E-state index is 13.0. The average molecular weight is 410 g/mol. The summed E-state index contributed by atoms with van der Waals surface area (Å²) in [5.74, 6) is -0.482. The molecule has 3 aromatic rings. The highest BCUT2D eigenvalue weighted by Crippen LogP contribution is 2.39. The predicted octanol–water partition coefficient (Wildman–Crippen LogP) is 3.94. The Morgan fingerprint density at radius 2 is 1.89 bits per heavy atom. The van der Waals surface area contributed by atoms with E-state index < -0.39 is 12.0 Å². The largest absolute Gasteiger partial charge is 0.453 e. The van der Waals surface area contributed by atoms with Crippen LogP contribution < -0.4 is 11.1 Å². The predicted molar refractivity (Wildman–Crippen MR) is 97.5 cm³/mol. The highest BCUT2D eigenvalue weighted by Gasteiger charge is 2.39. The minimum Gasteiger partial charge on any atom is -0.394 e. The summed E-state index contributed by atoms with van der Waals surface area (Å²) in [5, 5.41) is 6.79. The Bertz CT molecular complexity index is 997. The van der Waals surface area contributed by atoms with Crippen molar-refractivity contribution in [3.05, 3.63) is 47.1 Å². The van der Waals surface area contributed by atoms with Gasteiger partial charge in [-0.3, -0.25) is 0 Å². The SMILES string of the molecule is Nc1cnc(Cl)nc1NCc1ccc(-c2nc(C(F)(F)F)nn2C2CC2)cc1. The van der Waals surface area contributed by atoms with Gasteiger partial charge in [-0.2, -0.15) is 18.2 Å². The molecule has 1 aliphatic rings. The van der Waals surface area contributed by atoms with E-state index in [4.69, 9.17) is 17.3 Å². The number of aromatic nitrogens is 5. The van der Waals surface area contributed by atoms with Crippen LogP contribution in [-0.2, 0) is 12.7 Å². The lowest BCUT2D eigenvalue weighted by molar-refractivity contribution is -0.145. The van der Waals surface area contributed by atoms with E-state index in [9.17, 15) is 13.2 Å². The summed E-state index contributed by atoms with van der Waals surface area (Å²) in [5.41, 5.74) is 7.60. The molecule has 0 radical (unpaired) electrons. The van der Waals surface area contributed by atoms with Crippen molar-refractivity contribution in [3.63, 3.8) is 0 Å². The van der Waals surface area contributed by atoms with Crippen molar-refractivity contribution in [3.8, 4) is 11.4 Å². The minimum absolute atomic E-state index is 0.0227. The normalized spacial score (nSPS) is 14.3. The number of alkyl halides is 3. The highest BCUT2D eigenvalue weighted by atomic mass is 35.5. The number of hydrogen-bond acceptors (Lipinski definition) is 6. The second-order valence-electron chi connectivity index (χ2n) is 6.43. The standard InChI is InChI=1S/C17H15ClF3N7/c18-16-24-8-12(22)13(25-16)23-7-9-1-3-10(4-2-9)14-26-15(17(19,20)21)27-28(14)11-5-6-11/h1-4,8,11H,5-7,22H2,(H,23,24,25). The maximum absolute atomic E-state index is 13.0. The van der Waals surface area contributed by atoms with Gasteiger partial charge in [0.15, 0.2) is 11.6 Å². The van der Waals surface area contributed by atoms with Crippen LogP contribution in [0, 0.1) is 0 Å². The lowest BCUT2D eigenvalue weighted by Crippen LogP contribution is -2.08. The topological polar surface area (TPSA) is 94.5 Å². The summed E-state index contributed by atoms with van der Waals surface area (Å²) >= 11 is 5.75. The maximum Gasteiger partial charge on any atom is 0.453 e. The molecule has 0 spiro atoms. The zero-order chi connectivity index (χ0) is 19.9. The first-order valence-corrected chi connectivity index (χ1v) is 8.84. The summed E-state index contributed by atoms with van der Waals surface area (Å²) in [4.78, 5) is 11.5. The molecule has 0 amide bonds. The molecule has 146 valence electrons. The van der Waals surface area contributed by atoms with Crippen LogP contribution in [0.1, 0.15) is 30.3 Å². The molecule has 1 aliphatic carbocycles. The molecule has 7 nitrogen and oxygen atoms in total. The zero-order valence-electron chi connectivity index (χ0n) is 14.4. The van der Waals surface area contributed by atoms with E-state index >= 15 is 0 Å². The highest BCUT2D eigenvalue weighted by molar-refractivity contribution is 6.28. The average Bonchev–Trinajstić information content (AvgIpc) is 3.40. The Morgan fingerprint density at radius 1 is 1.18 bits per heavy atom. The first-order valence-electron chi connectivity index (χ1n) is 8.46. The molecule has 0 bridgehead atoms. The number of nitrogens with two attached hydrogens (primary N) is 1. The fraction of sp³-hybridized carbons (Fsp3) is 0.294. The summed E-state index contributed by atoms with van der Waals surface area (Å²) in [6, 6.07) is 7.00. The van der Waals surface area contributed by atoms with E-state index in [2.05, 4.69) is 25.4 Å². The molecule has 1 saturated carbocycles. The van der Waals surface area contributed by atoms with Crippen LogP contribution in [0.2, 0.25) is 5.28 Å². The molecule has 2 aromatic heterocycles. The molecule has 3 N–H and O–H groups in total. The fourth-order valence-corrected chi connectivity index (χ4v) is 2.82. The van der Waals surface area contributed by atoms with Crippen LogP contribution in [0.15, 0.2) is 30.5 Å². The van der Waals surface area contributed by atoms with Gasteiger partial charge in [-0.15, -0.1) is 5.10 Å². The smallest absolute Gasteiger partial charge is 0.394 e. The second-order valence-corrected chi connectivity index (χ2v) is 6.76. The van der Waals surface area contributed by atoms with Crippen LogP contribution in [-0.4, -0.2) is 24.7 Å². The molecule has 1 fully saturated rings. The first kappa shape index (κ1) is 18.5. The lowest BCUT2D eigenvalue weighted by atomic mass is 10.1. The number of halogens is 4. The molecular formula is C17H15ClF3N7. The fourth-order valence-electron chi connectivity index (χ4n) is 2.68. The number of nitrogen functional groups attached to an aromatic ring is 1. The molecule has 0 atom stereocenters. The third-order valence-electron chi connectivity index (χ3n) is 4.24. The Hall–Kier alpha value is -2.88. The zero-order valence-corrected chi connectivity index (χ0v) is 15.2. The molecule has 28 heavy (non-hydrogen) atoms.